The molecule has 5 heterocycles. The first-order valence-corrected chi connectivity index (χ1v) is 13.6. The summed E-state index contributed by atoms with van der Waals surface area (Å²) in [4.78, 5) is 29.2. The van der Waals surface area contributed by atoms with Crippen molar-refractivity contribution in [3.05, 3.63) is 35.9 Å². The number of carbonyl (C=O) groups excluding carboxylic acids is 1. The number of fused-ring (bicyclic) bond motifs is 3. The molecular formula is C22H27N7OS. The number of aromatic nitrogens is 5. The number of hydrogen-bond donors (Lipinski definition) is 1. The highest BCUT2D eigenvalue weighted by Gasteiger charge is 2.61. The second-order valence-corrected chi connectivity index (χ2v) is 14.0. The normalized spacial score (nSPS) is 22.7. The first kappa shape index (κ1) is 19.0. The molecule has 9 heteroatoms. The molecule has 162 valence electrons. The highest BCUT2D eigenvalue weighted by Crippen LogP contribution is 2.58. The summed E-state index contributed by atoms with van der Waals surface area (Å²) in [5.74, 6) is 4.01. The first-order valence-electron chi connectivity index (χ1n) is 10.8. The summed E-state index contributed by atoms with van der Waals surface area (Å²) in [5, 5.41) is 7.55. The van der Waals surface area contributed by atoms with E-state index >= 15 is 0 Å². The summed E-state index contributed by atoms with van der Waals surface area (Å²) in [5.41, 5.74) is 3.37. The molecule has 0 atom stereocenters. The van der Waals surface area contributed by atoms with Gasteiger partial charge in [0.05, 0.1) is 17.3 Å². The number of nitrogens with one attached hydrogen (secondary N) is 1. The quantitative estimate of drug-likeness (QED) is 0.677. The molecule has 0 aromatic carbocycles. The van der Waals surface area contributed by atoms with Gasteiger partial charge in [0, 0.05) is 17.8 Å². The van der Waals surface area contributed by atoms with Gasteiger partial charge < -0.3 is 5.32 Å². The van der Waals surface area contributed by atoms with Crippen LogP contribution in [0.15, 0.2) is 24.8 Å². The molecule has 1 amide bonds. The largest absolute Gasteiger partial charge is 0.323 e. The van der Waals surface area contributed by atoms with E-state index in [2.05, 4.69) is 32.9 Å². The van der Waals surface area contributed by atoms with Crippen molar-refractivity contribution < 1.29 is 4.79 Å². The van der Waals surface area contributed by atoms with Gasteiger partial charge in [0.2, 0.25) is 11.9 Å². The second-order valence-electron chi connectivity index (χ2n) is 9.65. The summed E-state index contributed by atoms with van der Waals surface area (Å²) in [7, 11) is -0.516. The van der Waals surface area contributed by atoms with Crippen LogP contribution in [-0.2, 0) is 10.2 Å². The van der Waals surface area contributed by atoms with E-state index in [1.807, 2.05) is 30.3 Å². The number of carbonyl (C=O) groups is 1. The number of rotatable bonds is 3. The number of amides is 1. The van der Waals surface area contributed by atoms with Crippen molar-refractivity contribution in [2.45, 2.75) is 44.1 Å². The minimum Gasteiger partial charge on any atom is -0.323 e. The van der Waals surface area contributed by atoms with E-state index in [9.17, 15) is 4.79 Å². The number of nitrogens with zero attached hydrogens (tertiary/aromatic N) is 6. The standard InChI is InChI=1S/C22H27N7OS/c1-14-10-18-24-13-25-28(18)12-17(14)26-21-23-11-16-19(27-21)29(20(30)22(16)6-7-22)15-4-8-31(2,3)9-5-15/h10-13,15H,4-9H2,1-3H3,(H,23,26,27). The van der Waals surface area contributed by atoms with Crippen molar-refractivity contribution in [1.29, 1.82) is 0 Å². The van der Waals surface area contributed by atoms with E-state index in [0.29, 0.717) is 5.95 Å². The maximum atomic E-state index is 13.5. The Morgan fingerprint density at radius 1 is 1.19 bits per heavy atom. The Hall–Kier alpha value is -2.68. The molecule has 0 unspecified atom stereocenters. The number of aryl methyl sites for hydroxylation is 1. The van der Waals surface area contributed by atoms with Crippen LogP contribution in [0.2, 0.25) is 0 Å². The van der Waals surface area contributed by atoms with Gasteiger partial charge in [-0.1, -0.05) is 0 Å². The fourth-order valence-electron chi connectivity index (χ4n) is 4.97. The molecule has 1 aliphatic carbocycles. The van der Waals surface area contributed by atoms with Gasteiger partial charge in [-0.25, -0.2) is 24.5 Å². The van der Waals surface area contributed by atoms with Crippen molar-refractivity contribution in [1.82, 2.24) is 24.6 Å². The maximum Gasteiger partial charge on any atom is 0.239 e. The Kier molecular flexibility index (Phi) is 3.94. The van der Waals surface area contributed by atoms with Crippen LogP contribution in [0.1, 0.15) is 36.8 Å². The zero-order valence-corrected chi connectivity index (χ0v) is 18.9. The molecule has 8 nitrogen and oxygen atoms in total. The zero-order chi connectivity index (χ0) is 21.4. The van der Waals surface area contributed by atoms with E-state index < -0.39 is 10.0 Å². The van der Waals surface area contributed by atoms with E-state index in [4.69, 9.17) is 4.98 Å². The third-order valence-electron chi connectivity index (χ3n) is 7.13. The molecule has 0 bridgehead atoms. The van der Waals surface area contributed by atoms with E-state index in [1.165, 1.54) is 17.8 Å². The lowest BCUT2D eigenvalue weighted by Gasteiger charge is -2.42. The number of hydrogen-bond acceptors (Lipinski definition) is 6. The monoisotopic (exact) mass is 437 g/mol. The number of anilines is 3. The van der Waals surface area contributed by atoms with Crippen molar-refractivity contribution in [2.75, 3.05) is 34.2 Å². The summed E-state index contributed by atoms with van der Waals surface area (Å²) in [6, 6.07) is 2.23. The molecule has 2 aliphatic heterocycles. The molecule has 2 fully saturated rings. The van der Waals surface area contributed by atoms with Gasteiger partial charge in [-0.05, 0) is 68.3 Å². The van der Waals surface area contributed by atoms with Crippen LogP contribution < -0.4 is 10.2 Å². The van der Waals surface area contributed by atoms with Crippen molar-refractivity contribution in [3.63, 3.8) is 0 Å². The van der Waals surface area contributed by atoms with Gasteiger partial charge in [-0.2, -0.15) is 10.1 Å². The Morgan fingerprint density at radius 3 is 2.71 bits per heavy atom. The van der Waals surface area contributed by atoms with Crippen molar-refractivity contribution in [2.24, 2.45) is 0 Å². The third-order valence-corrected chi connectivity index (χ3v) is 9.81. The molecule has 3 aromatic rings. The molecule has 0 radical (unpaired) electrons. The minimum absolute atomic E-state index is 0.244. The van der Waals surface area contributed by atoms with Crippen LogP contribution in [0.4, 0.5) is 17.5 Å². The SMILES string of the molecule is Cc1cc2ncnn2cc1Nc1ncc2c(n1)N(C1CCS(C)(C)CC1)C(=O)C21CC1. The van der Waals surface area contributed by atoms with Crippen LogP contribution in [-0.4, -0.2) is 60.5 Å². The molecule has 1 N–H and O–H groups in total. The van der Waals surface area contributed by atoms with Crippen LogP contribution >= 0.6 is 10.0 Å². The van der Waals surface area contributed by atoms with Gasteiger partial charge in [-0.15, -0.1) is 0 Å². The smallest absolute Gasteiger partial charge is 0.239 e. The topological polar surface area (TPSA) is 88.3 Å². The van der Waals surface area contributed by atoms with Gasteiger partial charge in [0.1, 0.15) is 12.1 Å². The molecular weight excluding hydrogens is 410 g/mol. The van der Waals surface area contributed by atoms with E-state index in [-0.39, 0.29) is 17.4 Å². The Balaban J connectivity index is 1.35. The Bertz CT molecular complexity index is 1210. The van der Waals surface area contributed by atoms with Crippen molar-refractivity contribution in [3.8, 4) is 0 Å². The summed E-state index contributed by atoms with van der Waals surface area (Å²) < 4.78 is 1.73. The van der Waals surface area contributed by atoms with Gasteiger partial charge >= 0.3 is 0 Å². The molecule has 3 aliphatic rings. The van der Waals surface area contributed by atoms with Gasteiger partial charge in [0.25, 0.3) is 0 Å². The molecule has 3 aromatic heterocycles. The summed E-state index contributed by atoms with van der Waals surface area (Å²) in [6.45, 7) is 2.02. The van der Waals surface area contributed by atoms with E-state index in [0.717, 1.165) is 54.0 Å². The fraction of sp³-hybridized carbons (Fsp3) is 0.500. The lowest BCUT2D eigenvalue weighted by molar-refractivity contribution is -0.120. The molecule has 6 rings (SSSR count). The summed E-state index contributed by atoms with van der Waals surface area (Å²) in [6.07, 6.45) is 14.1. The third kappa shape index (κ3) is 2.93. The predicted octanol–water partition coefficient (Wildman–Crippen LogP) is 3.18. The van der Waals surface area contributed by atoms with Gasteiger partial charge in [0.15, 0.2) is 5.65 Å². The van der Waals surface area contributed by atoms with E-state index in [1.54, 1.807) is 4.52 Å². The Morgan fingerprint density at radius 2 is 1.97 bits per heavy atom. The minimum atomic E-state index is -0.516. The molecule has 1 saturated carbocycles. The first-order chi connectivity index (χ1) is 14.9. The maximum absolute atomic E-state index is 13.5. The van der Waals surface area contributed by atoms with Crippen LogP contribution in [0.3, 0.4) is 0 Å². The van der Waals surface area contributed by atoms with Crippen LogP contribution in [0.5, 0.6) is 0 Å². The lowest BCUT2D eigenvalue weighted by atomic mass is 10.0. The fourth-order valence-corrected chi connectivity index (χ4v) is 6.99. The van der Waals surface area contributed by atoms with Crippen molar-refractivity contribution >= 4 is 39.0 Å². The highest BCUT2D eigenvalue weighted by molar-refractivity contribution is 8.32. The second kappa shape index (κ2) is 6.41. The Labute approximate surface area is 182 Å². The van der Waals surface area contributed by atoms with Crippen LogP contribution in [0.25, 0.3) is 5.65 Å². The highest BCUT2D eigenvalue weighted by atomic mass is 32.3. The molecule has 31 heavy (non-hydrogen) atoms. The predicted molar refractivity (Wildman–Crippen MR) is 124 cm³/mol. The molecule has 1 spiro atoms. The number of pyridine rings is 1. The summed E-state index contributed by atoms with van der Waals surface area (Å²) >= 11 is 0. The lowest BCUT2D eigenvalue weighted by Crippen LogP contribution is -2.44. The average molecular weight is 438 g/mol. The van der Waals surface area contributed by atoms with Gasteiger partial charge in [-0.3, -0.25) is 9.69 Å². The zero-order valence-electron chi connectivity index (χ0n) is 18.1. The van der Waals surface area contributed by atoms with Crippen LogP contribution in [0, 0.1) is 6.92 Å². The molecule has 1 saturated heterocycles. The average Bonchev–Trinajstić information content (AvgIpc) is 3.36.